The molecule has 1 aliphatic carbocycles. The molecule has 0 aromatic heterocycles. The van der Waals surface area contributed by atoms with Crippen LogP contribution in [0.25, 0.3) is 11.1 Å². The number of aliphatic hydroxyl groups excluding tert-OH is 1. The first kappa shape index (κ1) is 17.9. The normalized spacial score (nSPS) is 14.7. The fourth-order valence-electron chi connectivity index (χ4n) is 3.24. The van der Waals surface area contributed by atoms with Crippen molar-refractivity contribution in [3.05, 3.63) is 59.7 Å². The lowest BCUT2D eigenvalue weighted by molar-refractivity contribution is -0.149. The highest BCUT2D eigenvalue weighted by Crippen LogP contribution is 2.44. The fourth-order valence-corrected chi connectivity index (χ4v) is 3.24. The van der Waals surface area contributed by atoms with E-state index in [0.29, 0.717) is 0 Å². The van der Waals surface area contributed by atoms with Crippen LogP contribution in [0.5, 0.6) is 0 Å². The Morgan fingerprint density at radius 1 is 1.08 bits per heavy atom. The highest BCUT2D eigenvalue weighted by Gasteiger charge is 2.37. The predicted octanol–water partition coefficient (Wildman–Crippen LogP) is 2.45. The van der Waals surface area contributed by atoms with Gasteiger partial charge in [-0.1, -0.05) is 48.5 Å². The summed E-state index contributed by atoms with van der Waals surface area (Å²) in [4.78, 5) is 23.9. The minimum atomic E-state index is -1.54. The Balaban J connectivity index is 1.74. The number of aliphatic hydroxyl groups is 1. The molecule has 6 heteroatoms. The highest BCUT2D eigenvalue weighted by atomic mass is 16.6. The molecule has 0 fully saturated rings. The number of ether oxygens (including phenoxy) is 2. The van der Waals surface area contributed by atoms with E-state index in [4.69, 9.17) is 4.74 Å². The van der Waals surface area contributed by atoms with Gasteiger partial charge in [-0.3, -0.25) is 0 Å². The van der Waals surface area contributed by atoms with Gasteiger partial charge in [0.2, 0.25) is 0 Å². The lowest BCUT2D eigenvalue weighted by Gasteiger charge is -2.25. The number of hydrogen-bond acceptors (Lipinski definition) is 5. The maximum absolute atomic E-state index is 12.2. The summed E-state index contributed by atoms with van der Waals surface area (Å²) in [7, 11) is 1.19. The number of benzene rings is 2. The zero-order valence-corrected chi connectivity index (χ0v) is 14.7. The Bertz CT molecular complexity index is 789. The number of carbonyl (C=O) groups is 2. The van der Waals surface area contributed by atoms with E-state index in [9.17, 15) is 14.7 Å². The predicted molar refractivity (Wildman–Crippen MR) is 95.7 cm³/mol. The number of fused-ring (bicyclic) bond motifs is 3. The SMILES string of the molecule is COC(=O)[C@@](C)(CO)NC(=O)OCC1c2ccccc2-c2ccccc21. The molecule has 136 valence electrons. The largest absolute Gasteiger partial charge is 0.467 e. The Labute approximate surface area is 151 Å². The Kier molecular flexibility index (Phi) is 4.95. The van der Waals surface area contributed by atoms with Crippen LogP contribution in [-0.4, -0.2) is 43.0 Å². The van der Waals surface area contributed by atoms with Gasteiger partial charge < -0.3 is 19.9 Å². The molecular formula is C20H21NO5. The molecule has 2 aromatic carbocycles. The number of methoxy groups -OCH3 is 1. The van der Waals surface area contributed by atoms with Crippen molar-refractivity contribution in [2.45, 2.75) is 18.4 Å². The number of carbonyl (C=O) groups excluding carboxylic acids is 2. The van der Waals surface area contributed by atoms with E-state index in [-0.39, 0.29) is 12.5 Å². The average molecular weight is 355 g/mol. The van der Waals surface area contributed by atoms with E-state index in [2.05, 4.69) is 10.1 Å². The topological polar surface area (TPSA) is 84.9 Å². The van der Waals surface area contributed by atoms with Crippen molar-refractivity contribution >= 4 is 12.1 Å². The number of hydrogen-bond donors (Lipinski definition) is 2. The monoisotopic (exact) mass is 355 g/mol. The van der Waals surface area contributed by atoms with E-state index >= 15 is 0 Å². The van der Waals surface area contributed by atoms with Crippen molar-refractivity contribution in [3.63, 3.8) is 0 Å². The molecule has 0 unspecified atom stereocenters. The average Bonchev–Trinajstić information content (AvgIpc) is 2.99. The van der Waals surface area contributed by atoms with Crippen molar-refractivity contribution in [1.29, 1.82) is 0 Å². The summed E-state index contributed by atoms with van der Waals surface area (Å²) in [5.74, 6) is -0.819. The van der Waals surface area contributed by atoms with Crippen molar-refractivity contribution in [3.8, 4) is 11.1 Å². The maximum atomic E-state index is 12.2. The summed E-state index contributed by atoms with van der Waals surface area (Å²) in [5, 5.41) is 11.8. The lowest BCUT2D eigenvalue weighted by atomic mass is 9.98. The summed E-state index contributed by atoms with van der Waals surface area (Å²) in [6.45, 7) is 0.909. The highest BCUT2D eigenvalue weighted by molar-refractivity contribution is 5.85. The molecule has 0 saturated heterocycles. The van der Waals surface area contributed by atoms with Gasteiger partial charge in [-0.25, -0.2) is 9.59 Å². The number of amides is 1. The molecule has 0 saturated carbocycles. The van der Waals surface area contributed by atoms with Crippen LogP contribution in [0.15, 0.2) is 48.5 Å². The van der Waals surface area contributed by atoms with Crippen LogP contribution in [0.2, 0.25) is 0 Å². The molecule has 0 spiro atoms. The molecular weight excluding hydrogens is 334 g/mol. The molecule has 1 aliphatic rings. The van der Waals surface area contributed by atoms with Gasteiger partial charge >= 0.3 is 12.1 Å². The van der Waals surface area contributed by atoms with Crippen LogP contribution in [-0.2, 0) is 14.3 Å². The summed E-state index contributed by atoms with van der Waals surface area (Å²) >= 11 is 0. The number of esters is 1. The summed E-state index contributed by atoms with van der Waals surface area (Å²) < 4.78 is 9.97. The van der Waals surface area contributed by atoms with Crippen LogP contribution >= 0.6 is 0 Å². The first-order chi connectivity index (χ1) is 12.5. The fraction of sp³-hybridized carbons (Fsp3) is 0.300. The summed E-state index contributed by atoms with van der Waals surface area (Å²) in [5.41, 5.74) is 2.91. The first-order valence-corrected chi connectivity index (χ1v) is 8.32. The molecule has 2 aromatic rings. The zero-order valence-electron chi connectivity index (χ0n) is 14.7. The third kappa shape index (κ3) is 3.15. The van der Waals surface area contributed by atoms with Gasteiger partial charge in [0, 0.05) is 5.92 Å². The lowest BCUT2D eigenvalue weighted by Crippen LogP contribution is -2.55. The molecule has 0 bridgehead atoms. The van der Waals surface area contributed by atoms with Crippen LogP contribution in [0.1, 0.15) is 24.0 Å². The second kappa shape index (κ2) is 7.17. The van der Waals surface area contributed by atoms with Crippen molar-refractivity contribution in [2.24, 2.45) is 0 Å². The minimum Gasteiger partial charge on any atom is -0.467 e. The van der Waals surface area contributed by atoms with Crippen LogP contribution < -0.4 is 5.32 Å². The second-order valence-corrected chi connectivity index (χ2v) is 6.43. The van der Waals surface area contributed by atoms with Crippen molar-refractivity contribution in [2.75, 3.05) is 20.3 Å². The molecule has 26 heavy (non-hydrogen) atoms. The molecule has 6 nitrogen and oxygen atoms in total. The molecule has 1 atom stereocenters. The van der Waals surface area contributed by atoms with E-state index < -0.39 is 24.2 Å². The standard InChI is InChI=1S/C20H21NO5/c1-20(12-22,18(23)25-2)21-19(24)26-11-17-15-9-5-3-7-13(15)14-8-4-6-10-16(14)17/h3-10,17,22H,11-12H2,1-2H3,(H,21,24)/t20-/m1/s1. The van der Waals surface area contributed by atoms with E-state index in [0.717, 1.165) is 22.3 Å². The molecule has 3 rings (SSSR count). The second-order valence-electron chi connectivity index (χ2n) is 6.43. The molecule has 0 radical (unpaired) electrons. The Morgan fingerprint density at radius 3 is 2.12 bits per heavy atom. The zero-order chi connectivity index (χ0) is 18.7. The molecule has 2 N–H and O–H groups in total. The molecule has 1 amide bonds. The van der Waals surface area contributed by atoms with Gasteiger partial charge in [0.25, 0.3) is 0 Å². The van der Waals surface area contributed by atoms with E-state index in [1.54, 1.807) is 0 Å². The van der Waals surface area contributed by atoms with Gasteiger partial charge in [-0.05, 0) is 29.2 Å². The number of alkyl carbamates (subject to hydrolysis) is 1. The van der Waals surface area contributed by atoms with Gasteiger partial charge in [0.05, 0.1) is 13.7 Å². The van der Waals surface area contributed by atoms with Gasteiger partial charge in [-0.15, -0.1) is 0 Å². The number of nitrogens with one attached hydrogen (secondary N) is 1. The third-order valence-corrected chi connectivity index (χ3v) is 4.67. The summed E-state index contributed by atoms with van der Waals surface area (Å²) in [6.07, 6.45) is -0.784. The van der Waals surface area contributed by atoms with Crippen LogP contribution in [0.3, 0.4) is 0 Å². The minimum absolute atomic E-state index is 0.0772. The van der Waals surface area contributed by atoms with Gasteiger partial charge in [0.1, 0.15) is 6.61 Å². The van der Waals surface area contributed by atoms with E-state index in [1.165, 1.54) is 14.0 Å². The van der Waals surface area contributed by atoms with Gasteiger partial charge in [-0.2, -0.15) is 0 Å². The van der Waals surface area contributed by atoms with Crippen LogP contribution in [0, 0.1) is 0 Å². The molecule has 0 heterocycles. The molecule has 0 aliphatic heterocycles. The first-order valence-electron chi connectivity index (χ1n) is 8.32. The van der Waals surface area contributed by atoms with Crippen molar-refractivity contribution in [1.82, 2.24) is 5.32 Å². The Morgan fingerprint density at radius 2 is 1.62 bits per heavy atom. The smallest absolute Gasteiger partial charge is 0.408 e. The van der Waals surface area contributed by atoms with Gasteiger partial charge in [0.15, 0.2) is 5.54 Å². The third-order valence-electron chi connectivity index (χ3n) is 4.67. The quantitative estimate of drug-likeness (QED) is 0.805. The van der Waals surface area contributed by atoms with E-state index in [1.807, 2.05) is 48.5 Å². The van der Waals surface area contributed by atoms with Crippen molar-refractivity contribution < 1.29 is 24.2 Å². The van der Waals surface area contributed by atoms with Crippen LogP contribution in [0.4, 0.5) is 4.79 Å². The number of rotatable bonds is 5. The maximum Gasteiger partial charge on any atom is 0.408 e. The summed E-state index contributed by atoms with van der Waals surface area (Å²) in [6, 6.07) is 16.0. The Hall–Kier alpha value is -2.86.